The average Bonchev–Trinajstić information content (AvgIpc) is 3.56. The highest BCUT2D eigenvalue weighted by atomic mass is 19.2. The Balaban J connectivity index is 1.34. The Kier molecular flexibility index (Phi) is 5.75. The van der Waals surface area contributed by atoms with Gasteiger partial charge < -0.3 is 14.4 Å². The Morgan fingerprint density at radius 3 is 2.64 bits per heavy atom. The van der Waals surface area contributed by atoms with Crippen LogP contribution in [-0.2, 0) is 22.5 Å². The normalized spacial score (nSPS) is 25.8. The van der Waals surface area contributed by atoms with Crippen LogP contribution in [0.2, 0.25) is 0 Å². The van der Waals surface area contributed by atoms with Gasteiger partial charge in [0.2, 0.25) is 0 Å². The van der Waals surface area contributed by atoms with E-state index in [1.165, 1.54) is 0 Å². The van der Waals surface area contributed by atoms with Gasteiger partial charge >= 0.3 is 5.97 Å². The largest absolute Gasteiger partial charge is 0.490 e. The van der Waals surface area contributed by atoms with Gasteiger partial charge in [-0.3, -0.25) is 4.79 Å². The minimum absolute atomic E-state index is 0.0353. The smallest absolute Gasteiger partial charge is 0.309 e. The van der Waals surface area contributed by atoms with Gasteiger partial charge in [0.1, 0.15) is 11.6 Å². The highest BCUT2D eigenvalue weighted by Gasteiger charge is 2.47. The molecule has 0 spiro atoms. The summed E-state index contributed by atoms with van der Waals surface area (Å²) in [6.07, 6.45) is 2.82. The molecule has 2 aromatic rings. The molecule has 2 saturated carbocycles. The minimum atomic E-state index is -0.944. The molecule has 2 atom stereocenters. The average molecular weight is 460 g/mol. The number of benzene rings is 2. The maximum Gasteiger partial charge on any atom is 0.309 e. The van der Waals surface area contributed by atoms with Crippen LogP contribution in [0.1, 0.15) is 55.7 Å². The molecule has 0 N–H and O–H groups in total. The molecule has 33 heavy (non-hydrogen) atoms. The summed E-state index contributed by atoms with van der Waals surface area (Å²) in [4.78, 5) is 13.7. The Hall–Kier alpha value is -2.70. The molecule has 2 fully saturated rings. The lowest BCUT2D eigenvalue weighted by Gasteiger charge is -2.34. The van der Waals surface area contributed by atoms with Crippen LogP contribution < -0.4 is 9.64 Å². The van der Waals surface area contributed by atoms with Crippen LogP contribution in [0.3, 0.4) is 0 Å². The first-order chi connectivity index (χ1) is 15.9. The fourth-order valence-corrected chi connectivity index (χ4v) is 5.14. The van der Waals surface area contributed by atoms with E-state index >= 15 is 4.39 Å². The Labute approximate surface area is 191 Å². The molecule has 0 aromatic heterocycles. The van der Waals surface area contributed by atoms with Gasteiger partial charge in [0.15, 0.2) is 11.6 Å². The van der Waals surface area contributed by atoms with Gasteiger partial charge in [-0.1, -0.05) is 19.1 Å². The van der Waals surface area contributed by atoms with E-state index in [-0.39, 0.29) is 42.0 Å². The summed E-state index contributed by atoms with van der Waals surface area (Å²) in [6, 6.07) is 6.20. The molecule has 5 rings (SSSR count). The molecule has 176 valence electrons. The topological polar surface area (TPSA) is 38.8 Å². The summed E-state index contributed by atoms with van der Waals surface area (Å²) in [5, 5.41) is 0. The number of halogens is 3. The molecule has 0 bridgehead atoms. The summed E-state index contributed by atoms with van der Waals surface area (Å²) < 4.78 is 55.2. The van der Waals surface area contributed by atoms with Crippen LogP contribution in [0.25, 0.3) is 0 Å². The minimum Gasteiger partial charge on any atom is -0.490 e. The summed E-state index contributed by atoms with van der Waals surface area (Å²) in [5.41, 5.74) is 2.02. The van der Waals surface area contributed by atoms with E-state index in [1.54, 1.807) is 24.0 Å². The summed E-state index contributed by atoms with van der Waals surface area (Å²) in [5.74, 6) is -1.94. The summed E-state index contributed by atoms with van der Waals surface area (Å²) in [7, 11) is 0. The second kappa shape index (κ2) is 8.58. The number of hydrogen-bond donors (Lipinski definition) is 0. The third kappa shape index (κ3) is 4.18. The molecule has 2 aromatic carbocycles. The standard InChI is InChI=1S/C26H28F3NO3/c1-3-32-26(31)21-12-20(21)19-5-4-15-13-30(7-6-18(15)24(19)28)23-11-17(10-22(27)25(23)29)33-16-8-14(2)9-16/h4-5,10-11,14,16,20-21H,3,6-9,12-13H2,1-2H3/t14?,16?,20-,21+/m1/s1. The number of rotatable bonds is 6. The zero-order valence-corrected chi connectivity index (χ0v) is 18.9. The fourth-order valence-electron chi connectivity index (χ4n) is 5.14. The monoisotopic (exact) mass is 459 g/mol. The van der Waals surface area contributed by atoms with Gasteiger partial charge in [-0.05, 0) is 55.2 Å². The lowest BCUT2D eigenvalue weighted by molar-refractivity contribution is -0.144. The van der Waals surface area contributed by atoms with E-state index in [1.807, 2.05) is 6.07 Å². The van der Waals surface area contributed by atoms with Crippen molar-refractivity contribution in [2.45, 2.75) is 58.1 Å². The Morgan fingerprint density at radius 1 is 1.12 bits per heavy atom. The second-order valence-electron chi connectivity index (χ2n) is 9.53. The lowest BCUT2D eigenvalue weighted by Crippen LogP contribution is -2.33. The van der Waals surface area contributed by atoms with Crippen LogP contribution in [0, 0.1) is 29.3 Å². The first-order valence-electron chi connectivity index (χ1n) is 11.7. The van der Waals surface area contributed by atoms with Gasteiger partial charge in [-0.15, -0.1) is 0 Å². The number of carbonyl (C=O) groups is 1. The van der Waals surface area contributed by atoms with E-state index in [9.17, 15) is 13.6 Å². The molecule has 4 nitrogen and oxygen atoms in total. The fraction of sp³-hybridized carbons (Fsp3) is 0.500. The second-order valence-corrected chi connectivity index (χ2v) is 9.53. The predicted octanol–water partition coefficient (Wildman–Crippen LogP) is 5.51. The van der Waals surface area contributed by atoms with E-state index in [0.717, 1.165) is 24.5 Å². The van der Waals surface area contributed by atoms with Crippen molar-refractivity contribution in [1.82, 2.24) is 0 Å². The summed E-state index contributed by atoms with van der Waals surface area (Å²) in [6.45, 7) is 4.84. The van der Waals surface area contributed by atoms with Gasteiger partial charge in [0.25, 0.3) is 0 Å². The molecule has 7 heteroatoms. The molecule has 0 amide bonds. The Bertz CT molecular complexity index is 1080. The Morgan fingerprint density at radius 2 is 1.91 bits per heavy atom. The zero-order valence-electron chi connectivity index (χ0n) is 18.9. The molecule has 2 aliphatic carbocycles. The lowest BCUT2D eigenvalue weighted by atomic mass is 9.84. The molecule has 0 radical (unpaired) electrons. The van der Waals surface area contributed by atoms with Crippen molar-refractivity contribution in [2.24, 2.45) is 11.8 Å². The molecule has 3 aliphatic rings. The zero-order chi connectivity index (χ0) is 23.3. The van der Waals surface area contributed by atoms with E-state index in [4.69, 9.17) is 9.47 Å². The number of nitrogens with zero attached hydrogens (tertiary/aromatic N) is 1. The third-order valence-corrected chi connectivity index (χ3v) is 7.10. The predicted molar refractivity (Wildman–Crippen MR) is 118 cm³/mol. The number of hydrogen-bond acceptors (Lipinski definition) is 4. The number of carbonyl (C=O) groups excluding carboxylic acids is 1. The third-order valence-electron chi connectivity index (χ3n) is 7.10. The van der Waals surface area contributed by atoms with Gasteiger partial charge in [-0.25, -0.2) is 13.2 Å². The highest BCUT2D eigenvalue weighted by Crippen LogP contribution is 2.50. The summed E-state index contributed by atoms with van der Waals surface area (Å²) >= 11 is 0. The molecule has 0 saturated heterocycles. The number of fused-ring (bicyclic) bond motifs is 1. The van der Waals surface area contributed by atoms with Crippen molar-refractivity contribution in [3.05, 3.63) is 58.4 Å². The molecule has 1 aliphatic heterocycles. The van der Waals surface area contributed by atoms with Gasteiger partial charge in [-0.2, -0.15) is 0 Å². The number of anilines is 1. The first-order valence-corrected chi connectivity index (χ1v) is 11.7. The number of esters is 1. The van der Waals surface area contributed by atoms with Crippen LogP contribution in [0.5, 0.6) is 5.75 Å². The molecule has 0 unspecified atom stereocenters. The van der Waals surface area contributed by atoms with E-state index in [2.05, 4.69) is 6.92 Å². The van der Waals surface area contributed by atoms with Crippen molar-refractivity contribution in [2.75, 3.05) is 18.1 Å². The van der Waals surface area contributed by atoms with Crippen LogP contribution in [0.15, 0.2) is 24.3 Å². The van der Waals surface area contributed by atoms with Crippen LogP contribution >= 0.6 is 0 Å². The maximum atomic E-state index is 15.3. The quantitative estimate of drug-likeness (QED) is 0.534. The molecule has 1 heterocycles. The first kappa shape index (κ1) is 22.1. The van der Waals surface area contributed by atoms with Crippen LogP contribution in [-0.4, -0.2) is 25.2 Å². The molecular weight excluding hydrogens is 431 g/mol. The van der Waals surface area contributed by atoms with Crippen molar-refractivity contribution in [3.63, 3.8) is 0 Å². The van der Waals surface area contributed by atoms with Crippen molar-refractivity contribution >= 4 is 11.7 Å². The molecular formula is C26H28F3NO3. The highest BCUT2D eigenvalue weighted by molar-refractivity contribution is 5.77. The van der Waals surface area contributed by atoms with Crippen molar-refractivity contribution in [1.29, 1.82) is 0 Å². The van der Waals surface area contributed by atoms with Crippen LogP contribution in [0.4, 0.5) is 18.9 Å². The SMILES string of the molecule is CCOC(=O)[C@H]1C[C@@H]1c1ccc2c(c1F)CCN(c1cc(OC3CC(C)C3)cc(F)c1F)C2. The van der Waals surface area contributed by atoms with Crippen molar-refractivity contribution < 1.29 is 27.4 Å². The van der Waals surface area contributed by atoms with Crippen molar-refractivity contribution in [3.8, 4) is 5.75 Å². The van der Waals surface area contributed by atoms with E-state index < -0.39 is 11.6 Å². The van der Waals surface area contributed by atoms with Gasteiger partial charge in [0.05, 0.1) is 24.3 Å². The van der Waals surface area contributed by atoms with Gasteiger partial charge in [0, 0.05) is 31.1 Å². The maximum absolute atomic E-state index is 15.3. The number of ether oxygens (including phenoxy) is 2. The van der Waals surface area contributed by atoms with E-state index in [0.29, 0.717) is 48.8 Å².